The Bertz CT molecular complexity index is 2040. The summed E-state index contributed by atoms with van der Waals surface area (Å²) in [4.78, 5) is 38.4. The predicted molar refractivity (Wildman–Crippen MR) is 185 cm³/mol. The Labute approximate surface area is 276 Å². The first-order valence-corrected chi connectivity index (χ1v) is 15.1. The predicted octanol–water partition coefficient (Wildman–Crippen LogP) is 6.46. The highest BCUT2D eigenvalue weighted by Gasteiger charge is 2.18. The molecule has 1 heterocycles. The number of hydrogen-bond donors (Lipinski definition) is 3. The number of ether oxygens (including phenoxy) is 1. The summed E-state index contributed by atoms with van der Waals surface area (Å²) < 4.78 is 7.64. The zero-order valence-corrected chi connectivity index (χ0v) is 25.6. The fourth-order valence-electron chi connectivity index (χ4n) is 4.77. The third-order valence-corrected chi connectivity index (χ3v) is 7.17. The van der Waals surface area contributed by atoms with Crippen molar-refractivity contribution in [1.82, 2.24) is 15.2 Å². The van der Waals surface area contributed by atoms with E-state index in [1.165, 1.54) is 12.3 Å². The molecule has 48 heavy (non-hydrogen) atoms. The maximum absolute atomic E-state index is 12.9. The highest BCUT2D eigenvalue weighted by molar-refractivity contribution is 6.40. The van der Waals surface area contributed by atoms with E-state index in [2.05, 4.69) is 21.2 Å². The van der Waals surface area contributed by atoms with Crippen LogP contribution < -0.4 is 20.8 Å². The zero-order valence-electron chi connectivity index (χ0n) is 25.6. The second-order valence-corrected chi connectivity index (χ2v) is 10.5. The average Bonchev–Trinajstić information content (AvgIpc) is 3.56. The number of nitrogens with one attached hydrogen (secondary N) is 3. The Morgan fingerprint density at radius 3 is 2.08 bits per heavy atom. The maximum atomic E-state index is 12.9. The SMILES string of the molecule is O=C(NN=Cc1cn(-c2ccccc2)nc1-c1ccc(OCc2ccccc2)cc1)C(=O)Nc1ccccc1C(=O)Nc1ccccc1. The molecule has 10 heteroatoms. The third kappa shape index (κ3) is 7.88. The number of aromatic nitrogens is 2. The summed E-state index contributed by atoms with van der Waals surface area (Å²) in [5.41, 5.74) is 7.14. The molecule has 0 radical (unpaired) electrons. The molecule has 6 rings (SSSR count). The standard InChI is InChI=1S/C38H30N6O4/c45-36(40-30-14-6-2-7-15-30)33-18-10-11-19-34(33)41-37(46)38(47)42-39-24-29-25-44(31-16-8-3-9-17-31)43-35(29)28-20-22-32(23-21-28)48-26-27-12-4-1-5-13-27/h1-25H,26H2,(H,40,45)(H,41,46)(H,42,47). The summed E-state index contributed by atoms with van der Waals surface area (Å²) in [7, 11) is 0. The van der Waals surface area contributed by atoms with Gasteiger partial charge in [-0.2, -0.15) is 10.2 Å². The van der Waals surface area contributed by atoms with Crippen molar-refractivity contribution in [1.29, 1.82) is 0 Å². The summed E-state index contributed by atoms with van der Waals surface area (Å²) in [5, 5.41) is 14.1. The van der Waals surface area contributed by atoms with E-state index >= 15 is 0 Å². The van der Waals surface area contributed by atoms with Gasteiger partial charge in [0.2, 0.25) is 0 Å². The number of carbonyl (C=O) groups excluding carboxylic acids is 3. The minimum atomic E-state index is -1.01. The summed E-state index contributed by atoms with van der Waals surface area (Å²) >= 11 is 0. The molecule has 0 aliphatic rings. The Hall–Kier alpha value is -6.81. The number of carbonyl (C=O) groups is 3. The monoisotopic (exact) mass is 634 g/mol. The zero-order chi connectivity index (χ0) is 33.1. The molecule has 0 spiro atoms. The van der Waals surface area contributed by atoms with Crippen molar-refractivity contribution >= 4 is 35.3 Å². The largest absolute Gasteiger partial charge is 0.489 e. The van der Waals surface area contributed by atoms with Crippen molar-refractivity contribution in [2.75, 3.05) is 10.6 Å². The van der Waals surface area contributed by atoms with Gasteiger partial charge in [-0.3, -0.25) is 14.4 Å². The van der Waals surface area contributed by atoms with Crippen LogP contribution in [0.1, 0.15) is 21.5 Å². The quantitative estimate of drug-likeness (QED) is 0.0906. The molecule has 0 aliphatic heterocycles. The molecular formula is C38H30N6O4. The van der Waals surface area contributed by atoms with Gasteiger partial charge in [0.1, 0.15) is 18.1 Å². The van der Waals surface area contributed by atoms with Crippen molar-refractivity contribution in [2.45, 2.75) is 6.61 Å². The lowest BCUT2D eigenvalue weighted by molar-refractivity contribution is -0.136. The molecule has 236 valence electrons. The van der Waals surface area contributed by atoms with Crippen molar-refractivity contribution < 1.29 is 19.1 Å². The molecule has 0 bridgehead atoms. The van der Waals surface area contributed by atoms with Crippen LogP contribution in [0.4, 0.5) is 11.4 Å². The molecule has 10 nitrogen and oxygen atoms in total. The lowest BCUT2D eigenvalue weighted by atomic mass is 10.1. The molecule has 0 saturated carbocycles. The van der Waals surface area contributed by atoms with Crippen molar-refractivity contribution in [3.8, 4) is 22.7 Å². The third-order valence-electron chi connectivity index (χ3n) is 7.17. The lowest BCUT2D eigenvalue weighted by Gasteiger charge is -2.11. The van der Waals surface area contributed by atoms with E-state index in [0.717, 1.165) is 16.8 Å². The van der Waals surface area contributed by atoms with Crippen LogP contribution in [0, 0.1) is 0 Å². The topological polar surface area (TPSA) is 127 Å². The van der Waals surface area contributed by atoms with Crippen LogP contribution in [-0.2, 0) is 16.2 Å². The van der Waals surface area contributed by atoms with Crippen LogP contribution in [0.3, 0.4) is 0 Å². The number of benzene rings is 5. The van der Waals surface area contributed by atoms with Crippen LogP contribution in [0.2, 0.25) is 0 Å². The van der Waals surface area contributed by atoms with E-state index in [0.29, 0.717) is 29.3 Å². The molecule has 0 fully saturated rings. The first-order valence-electron chi connectivity index (χ1n) is 15.1. The molecule has 0 atom stereocenters. The van der Waals surface area contributed by atoms with Gasteiger partial charge < -0.3 is 15.4 Å². The van der Waals surface area contributed by atoms with Gasteiger partial charge >= 0.3 is 11.8 Å². The molecule has 1 aromatic heterocycles. The molecule has 0 aliphatic carbocycles. The summed E-state index contributed by atoms with van der Waals surface area (Å²) in [6, 6.07) is 42.3. The van der Waals surface area contributed by atoms with Crippen molar-refractivity contribution in [2.24, 2.45) is 5.10 Å². The van der Waals surface area contributed by atoms with E-state index < -0.39 is 17.7 Å². The fraction of sp³-hybridized carbons (Fsp3) is 0.0263. The summed E-state index contributed by atoms with van der Waals surface area (Å²) in [5.74, 6) is -1.73. The average molecular weight is 635 g/mol. The smallest absolute Gasteiger partial charge is 0.329 e. The molecule has 0 saturated heterocycles. The number of hydrogen-bond acceptors (Lipinski definition) is 6. The lowest BCUT2D eigenvalue weighted by Crippen LogP contribution is -2.33. The van der Waals surface area contributed by atoms with E-state index in [1.807, 2.05) is 91.0 Å². The van der Waals surface area contributed by atoms with Gasteiger partial charge in [0, 0.05) is 23.0 Å². The first kappa shape index (κ1) is 31.2. The molecule has 3 amide bonds. The van der Waals surface area contributed by atoms with Gasteiger partial charge in [-0.1, -0.05) is 78.9 Å². The Morgan fingerprint density at radius 2 is 1.35 bits per heavy atom. The number of nitrogens with zero attached hydrogens (tertiary/aromatic N) is 3. The van der Waals surface area contributed by atoms with Crippen molar-refractivity contribution in [3.05, 3.63) is 162 Å². The van der Waals surface area contributed by atoms with Crippen molar-refractivity contribution in [3.63, 3.8) is 0 Å². The van der Waals surface area contributed by atoms with Gasteiger partial charge in [0.05, 0.1) is 23.2 Å². The number of amides is 3. The Morgan fingerprint density at radius 1 is 0.708 bits per heavy atom. The second kappa shape index (κ2) is 15.0. The number of hydrazone groups is 1. The van der Waals surface area contributed by atoms with Gasteiger partial charge in [-0.05, 0) is 66.2 Å². The minimum absolute atomic E-state index is 0.178. The maximum Gasteiger partial charge on any atom is 0.329 e. The normalized spacial score (nSPS) is 10.8. The number of anilines is 2. The molecule has 0 unspecified atom stereocenters. The molecular weight excluding hydrogens is 604 g/mol. The summed E-state index contributed by atoms with van der Waals surface area (Å²) in [6.45, 7) is 0.445. The van der Waals surface area contributed by atoms with Crippen LogP contribution >= 0.6 is 0 Å². The Balaban J connectivity index is 1.15. The summed E-state index contributed by atoms with van der Waals surface area (Å²) in [6.07, 6.45) is 3.20. The van der Waals surface area contributed by atoms with Crippen LogP contribution in [0.15, 0.2) is 151 Å². The highest BCUT2D eigenvalue weighted by Crippen LogP contribution is 2.26. The Kier molecular flexibility index (Phi) is 9.73. The van der Waals surface area contributed by atoms with Gasteiger partial charge in [0.25, 0.3) is 5.91 Å². The number of rotatable bonds is 10. The van der Waals surface area contributed by atoms with E-state index in [4.69, 9.17) is 9.84 Å². The first-order chi connectivity index (χ1) is 23.5. The van der Waals surface area contributed by atoms with E-state index in [-0.39, 0.29) is 11.3 Å². The van der Waals surface area contributed by atoms with Crippen LogP contribution in [0.25, 0.3) is 16.9 Å². The van der Waals surface area contributed by atoms with Gasteiger partial charge in [-0.25, -0.2) is 10.1 Å². The van der Waals surface area contributed by atoms with Gasteiger partial charge in [-0.15, -0.1) is 0 Å². The van der Waals surface area contributed by atoms with Gasteiger partial charge in [0.15, 0.2) is 0 Å². The fourth-order valence-corrected chi connectivity index (χ4v) is 4.77. The minimum Gasteiger partial charge on any atom is -0.489 e. The van der Waals surface area contributed by atoms with E-state index in [1.54, 1.807) is 53.3 Å². The molecule has 3 N–H and O–H groups in total. The molecule has 5 aromatic carbocycles. The second-order valence-electron chi connectivity index (χ2n) is 10.5. The number of para-hydroxylation sites is 3. The van der Waals surface area contributed by atoms with E-state index in [9.17, 15) is 14.4 Å². The van der Waals surface area contributed by atoms with Crippen LogP contribution in [-0.4, -0.2) is 33.7 Å². The molecule has 6 aromatic rings. The highest BCUT2D eigenvalue weighted by atomic mass is 16.5. The van der Waals surface area contributed by atoms with Crippen LogP contribution in [0.5, 0.6) is 5.75 Å².